The fraction of sp³-hybridized carbons (Fsp3) is 0.182. The van der Waals surface area contributed by atoms with E-state index >= 15 is 0 Å². The summed E-state index contributed by atoms with van der Waals surface area (Å²) in [6, 6.07) is 3.45. The number of aromatic nitrogens is 3. The lowest BCUT2D eigenvalue weighted by molar-refractivity contribution is -0.125. The molecule has 2 rings (SSSR count). The van der Waals surface area contributed by atoms with Crippen molar-refractivity contribution in [2.24, 2.45) is 5.73 Å². The van der Waals surface area contributed by atoms with E-state index in [0.717, 1.165) is 0 Å². The highest BCUT2D eigenvalue weighted by molar-refractivity contribution is 5.79. The Balaban J connectivity index is 2.06. The average molecular weight is 232 g/mol. The summed E-state index contributed by atoms with van der Waals surface area (Å²) in [5.74, 6) is -0.0148. The molecule has 0 bridgehead atoms. The van der Waals surface area contributed by atoms with Crippen LogP contribution in [0.4, 0.5) is 0 Å². The number of rotatable bonds is 5. The number of carbonyl (C=O) groups is 1. The lowest BCUT2D eigenvalue weighted by Gasteiger charge is -2.15. The van der Waals surface area contributed by atoms with Gasteiger partial charge in [0.05, 0.1) is 19.1 Å². The van der Waals surface area contributed by atoms with Crippen LogP contribution in [0.3, 0.4) is 0 Å². The molecular formula is C11H12N4O2. The van der Waals surface area contributed by atoms with Gasteiger partial charge in [0.1, 0.15) is 5.75 Å². The third kappa shape index (κ3) is 3.04. The Morgan fingerprint density at radius 1 is 1.47 bits per heavy atom. The van der Waals surface area contributed by atoms with E-state index in [1.165, 1.54) is 6.20 Å². The monoisotopic (exact) mass is 232 g/mol. The normalized spacial score (nSPS) is 12.0. The number of hydrogen-bond acceptors (Lipinski definition) is 4. The molecule has 0 aliphatic rings. The Morgan fingerprint density at radius 3 is 2.94 bits per heavy atom. The second kappa shape index (κ2) is 5.11. The van der Waals surface area contributed by atoms with Crippen molar-refractivity contribution in [3.05, 3.63) is 43.2 Å². The summed E-state index contributed by atoms with van der Waals surface area (Å²) in [5, 5.41) is 0. The van der Waals surface area contributed by atoms with Crippen LogP contribution in [0, 0.1) is 0 Å². The molecule has 1 atom stereocenters. The van der Waals surface area contributed by atoms with Crippen molar-refractivity contribution in [1.82, 2.24) is 14.5 Å². The van der Waals surface area contributed by atoms with Gasteiger partial charge in [0.25, 0.3) is 5.91 Å². The first-order chi connectivity index (χ1) is 8.25. The molecule has 6 nitrogen and oxygen atoms in total. The van der Waals surface area contributed by atoms with Crippen molar-refractivity contribution in [3.63, 3.8) is 0 Å². The van der Waals surface area contributed by atoms with Gasteiger partial charge in [-0.3, -0.25) is 9.78 Å². The van der Waals surface area contributed by atoms with Crippen molar-refractivity contribution >= 4 is 5.91 Å². The van der Waals surface area contributed by atoms with Crippen LogP contribution in [0.25, 0.3) is 0 Å². The zero-order chi connectivity index (χ0) is 12.1. The minimum Gasteiger partial charge on any atom is -0.477 e. The van der Waals surface area contributed by atoms with Crippen LogP contribution < -0.4 is 10.5 Å². The first kappa shape index (κ1) is 11.1. The number of imidazole rings is 1. The van der Waals surface area contributed by atoms with Crippen molar-refractivity contribution in [3.8, 4) is 5.75 Å². The number of hydrogen-bond donors (Lipinski definition) is 1. The molecule has 2 aromatic rings. The molecule has 0 saturated heterocycles. The van der Waals surface area contributed by atoms with Crippen molar-refractivity contribution in [2.75, 3.05) is 0 Å². The molecule has 1 unspecified atom stereocenters. The average Bonchev–Trinajstić information content (AvgIpc) is 2.82. The third-order valence-corrected chi connectivity index (χ3v) is 2.17. The summed E-state index contributed by atoms with van der Waals surface area (Å²) < 4.78 is 7.19. The van der Waals surface area contributed by atoms with Crippen molar-refractivity contribution in [1.29, 1.82) is 0 Å². The molecular weight excluding hydrogens is 220 g/mol. The van der Waals surface area contributed by atoms with Crippen LogP contribution in [0.15, 0.2) is 43.2 Å². The topological polar surface area (TPSA) is 83.0 Å². The predicted molar refractivity (Wildman–Crippen MR) is 60.1 cm³/mol. The minimum atomic E-state index is -0.742. The first-order valence-electron chi connectivity index (χ1n) is 5.07. The molecule has 0 aromatic carbocycles. The van der Waals surface area contributed by atoms with E-state index in [-0.39, 0.29) is 0 Å². The van der Waals surface area contributed by atoms with Crippen molar-refractivity contribution in [2.45, 2.75) is 12.6 Å². The second-order valence-electron chi connectivity index (χ2n) is 3.46. The van der Waals surface area contributed by atoms with Gasteiger partial charge < -0.3 is 15.0 Å². The maximum absolute atomic E-state index is 11.3. The standard InChI is InChI=1S/C11H12N4O2/c12-11(16)10(7-15-5-4-14-8-15)17-9-2-1-3-13-6-9/h1-6,8,10H,7H2,(H2,12,16). The van der Waals surface area contributed by atoms with E-state index in [1.807, 2.05) is 0 Å². The molecule has 0 saturated carbocycles. The molecule has 2 heterocycles. The number of amides is 1. The summed E-state index contributed by atoms with van der Waals surface area (Å²) in [7, 11) is 0. The molecule has 0 aliphatic carbocycles. The van der Waals surface area contributed by atoms with Gasteiger partial charge in [-0.25, -0.2) is 4.98 Å². The smallest absolute Gasteiger partial charge is 0.260 e. The van der Waals surface area contributed by atoms with Crippen LogP contribution in [-0.2, 0) is 11.3 Å². The number of pyridine rings is 1. The van der Waals surface area contributed by atoms with Gasteiger partial charge in [-0.1, -0.05) is 0 Å². The molecule has 0 spiro atoms. The predicted octanol–water partition coefficient (Wildman–Crippen LogP) is 0.211. The lowest BCUT2D eigenvalue weighted by Crippen LogP contribution is -2.37. The van der Waals surface area contributed by atoms with Gasteiger partial charge in [-0.2, -0.15) is 0 Å². The summed E-state index contributed by atoms with van der Waals surface area (Å²) in [6.45, 7) is 0.324. The SMILES string of the molecule is NC(=O)C(Cn1ccnc1)Oc1cccnc1. The van der Waals surface area contributed by atoms with E-state index < -0.39 is 12.0 Å². The highest BCUT2D eigenvalue weighted by Gasteiger charge is 2.17. The zero-order valence-electron chi connectivity index (χ0n) is 9.06. The number of ether oxygens (including phenoxy) is 1. The quantitative estimate of drug-likeness (QED) is 0.798. The fourth-order valence-electron chi connectivity index (χ4n) is 1.35. The molecule has 2 N–H and O–H groups in total. The number of carbonyl (C=O) groups excluding carboxylic acids is 1. The molecule has 0 aliphatic heterocycles. The Kier molecular flexibility index (Phi) is 3.34. The zero-order valence-corrected chi connectivity index (χ0v) is 9.06. The molecule has 88 valence electrons. The largest absolute Gasteiger partial charge is 0.477 e. The van der Waals surface area contributed by atoms with Gasteiger partial charge in [0, 0.05) is 18.6 Å². The van der Waals surface area contributed by atoms with E-state index in [1.54, 1.807) is 41.6 Å². The number of nitrogens with zero attached hydrogens (tertiary/aromatic N) is 3. The second-order valence-corrected chi connectivity index (χ2v) is 3.46. The Bertz CT molecular complexity index is 469. The molecule has 6 heteroatoms. The maximum atomic E-state index is 11.3. The molecule has 2 aromatic heterocycles. The molecule has 0 radical (unpaired) electrons. The Labute approximate surface area is 98.1 Å². The molecule has 17 heavy (non-hydrogen) atoms. The summed E-state index contributed by atoms with van der Waals surface area (Å²) in [6.07, 6.45) is 7.38. The minimum absolute atomic E-state index is 0.324. The van der Waals surface area contributed by atoms with Gasteiger partial charge in [-0.15, -0.1) is 0 Å². The van der Waals surface area contributed by atoms with E-state index in [9.17, 15) is 4.79 Å². The highest BCUT2D eigenvalue weighted by atomic mass is 16.5. The van der Waals surface area contributed by atoms with Gasteiger partial charge in [0.2, 0.25) is 0 Å². The Morgan fingerprint density at radius 2 is 2.35 bits per heavy atom. The lowest BCUT2D eigenvalue weighted by atomic mass is 10.3. The van der Waals surface area contributed by atoms with Crippen LogP contribution in [0.5, 0.6) is 5.75 Å². The van der Waals surface area contributed by atoms with E-state index in [0.29, 0.717) is 12.3 Å². The summed E-state index contributed by atoms with van der Waals surface area (Å²) in [5.41, 5.74) is 5.28. The van der Waals surface area contributed by atoms with Gasteiger partial charge >= 0.3 is 0 Å². The summed E-state index contributed by atoms with van der Waals surface area (Å²) in [4.78, 5) is 19.1. The molecule has 1 amide bonds. The highest BCUT2D eigenvalue weighted by Crippen LogP contribution is 2.10. The van der Waals surface area contributed by atoms with Gasteiger partial charge in [-0.05, 0) is 12.1 Å². The fourth-order valence-corrected chi connectivity index (χ4v) is 1.35. The van der Waals surface area contributed by atoms with Crippen molar-refractivity contribution < 1.29 is 9.53 Å². The van der Waals surface area contributed by atoms with Crippen LogP contribution >= 0.6 is 0 Å². The van der Waals surface area contributed by atoms with Crippen LogP contribution in [0.2, 0.25) is 0 Å². The maximum Gasteiger partial charge on any atom is 0.260 e. The van der Waals surface area contributed by atoms with Crippen LogP contribution in [0.1, 0.15) is 0 Å². The van der Waals surface area contributed by atoms with E-state index in [2.05, 4.69) is 9.97 Å². The summed E-state index contributed by atoms with van der Waals surface area (Å²) >= 11 is 0. The first-order valence-corrected chi connectivity index (χ1v) is 5.07. The Hall–Kier alpha value is -2.37. The molecule has 0 fully saturated rings. The number of nitrogens with two attached hydrogens (primary N) is 1. The number of primary amides is 1. The third-order valence-electron chi connectivity index (χ3n) is 2.17. The van der Waals surface area contributed by atoms with E-state index in [4.69, 9.17) is 10.5 Å². The van der Waals surface area contributed by atoms with Crippen LogP contribution in [-0.4, -0.2) is 26.5 Å². The van der Waals surface area contributed by atoms with Gasteiger partial charge in [0.15, 0.2) is 6.10 Å².